The molecule has 0 saturated carbocycles. The number of anilines is 2. The van der Waals surface area contributed by atoms with Crippen molar-refractivity contribution in [3.63, 3.8) is 0 Å². The summed E-state index contributed by atoms with van der Waals surface area (Å²) in [5.41, 5.74) is 3.81. The molecule has 1 aromatic heterocycles. The summed E-state index contributed by atoms with van der Waals surface area (Å²) in [6.45, 7) is 3.72. The van der Waals surface area contributed by atoms with Crippen LogP contribution in [0.3, 0.4) is 0 Å². The van der Waals surface area contributed by atoms with Crippen molar-refractivity contribution in [2.75, 3.05) is 31.3 Å². The van der Waals surface area contributed by atoms with Crippen molar-refractivity contribution in [2.45, 2.75) is 18.7 Å². The van der Waals surface area contributed by atoms with Crippen LogP contribution >= 0.6 is 11.3 Å². The molecular weight excluding hydrogens is 420 g/mol. The number of carbonyl (C=O) groups is 1. The molecule has 0 spiro atoms. The molecule has 0 aliphatic rings. The van der Waals surface area contributed by atoms with Crippen molar-refractivity contribution < 1.29 is 13.2 Å². The number of thiazole rings is 1. The molecule has 2 aromatic carbocycles. The zero-order valence-corrected chi connectivity index (χ0v) is 18.9. The average Bonchev–Trinajstić information content (AvgIpc) is 3.14. The van der Waals surface area contributed by atoms with Gasteiger partial charge >= 0.3 is 0 Å². The molecule has 3 aromatic rings. The summed E-state index contributed by atoms with van der Waals surface area (Å²) in [5, 5.41) is 8.76. The molecule has 158 valence electrons. The predicted octanol–water partition coefficient (Wildman–Crippen LogP) is 3.73. The van der Waals surface area contributed by atoms with Crippen LogP contribution in [0.5, 0.6) is 0 Å². The summed E-state index contributed by atoms with van der Waals surface area (Å²) in [6, 6.07) is 12.6. The Balaban J connectivity index is 1.67. The second kappa shape index (κ2) is 8.95. The summed E-state index contributed by atoms with van der Waals surface area (Å²) in [5.74, 6) is -0.275. The molecule has 0 aliphatic heterocycles. The first-order valence-electron chi connectivity index (χ1n) is 9.26. The second-order valence-corrected chi connectivity index (χ2v) is 10.0. The quantitative estimate of drug-likeness (QED) is 0.579. The fourth-order valence-corrected chi connectivity index (χ4v) is 4.73. The molecule has 1 heterocycles. The zero-order chi connectivity index (χ0) is 21.9. The molecule has 30 heavy (non-hydrogen) atoms. The minimum absolute atomic E-state index is 0.0456. The number of rotatable bonds is 7. The largest absolute Gasteiger partial charge is 0.376 e. The van der Waals surface area contributed by atoms with Crippen LogP contribution in [0.25, 0.3) is 10.6 Å². The number of hydrogen-bond donors (Lipinski definition) is 2. The lowest BCUT2D eigenvalue weighted by Crippen LogP contribution is -2.24. The fourth-order valence-electron chi connectivity index (χ4n) is 2.79. The van der Waals surface area contributed by atoms with Crippen LogP contribution in [0.1, 0.15) is 11.3 Å². The van der Waals surface area contributed by atoms with Gasteiger partial charge in [0.15, 0.2) is 0 Å². The van der Waals surface area contributed by atoms with Gasteiger partial charge in [-0.2, -0.15) is 0 Å². The van der Waals surface area contributed by atoms with Crippen molar-refractivity contribution in [3.8, 4) is 10.6 Å². The fraction of sp³-hybridized carbons (Fsp3) is 0.238. The summed E-state index contributed by atoms with van der Waals surface area (Å²) in [7, 11) is -0.635. The number of nitrogens with one attached hydrogen (secondary N) is 2. The van der Waals surface area contributed by atoms with Crippen molar-refractivity contribution >= 4 is 38.6 Å². The molecule has 0 unspecified atom stereocenters. The monoisotopic (exact) mass is 444 g/mol. The van der Waals surface area contributed by atoms with Crippen molar-refractivity contribution in [1.29, 1.82) is 0 Å². The van der Waals surface area contributed by atoms with Gasteiger partial charge in [-0.25, -0.2) is 17.7 Å². The van der Waals surface area contributed by atoms with E-state index in [9.17, 15) is 13.2 Å². The van der Waals surface area contributed by atoms with Crippen molar-refractivity contribution in [2.24, 2.45) is 0 Å². The van der Waals surface area contributed by atoms with Crippen LogP contribution in [0.4, 0.5) is 11.4 Å². The molecule has 0 fully saturated rings. The molecule has 0 radical (unpaired) electrons. The lowest BCUT2D eigenvalue weighted by molar-refractivity contribution is -0.114. The lowest BCUT2D eigenvalue weighted by Gasteiger charge is -2.15. The van der Waals surface area contributed by atoms with Gasteiger partial charge in [-0.3, -0.25) is 4.79 Å². The van der Waals surface area contributed by atoms with E-state index in [0.717, 1.165) is 26.3 Å². The van der Waals surface area contributed by atoms with Gasteiger partial charge in [-0.1, -0.05) is 18.2 Å². The molecule has 3 rings (SSSR count). The van der Waals surface area contributed by atoms with Gasteiger partial charge in [0.2, 0.25) is 15.9 Å². The minimum Gasteiger partial charge on any atom is -0.376 e. The number of aromatic nitrogens is 1. The Morgan fingerprint density at radius 3 is 2.53 bits per heavy atom. The second-order valence-electron chi connectivity index (χ2n) is 7.04. The van der Waals surface area contributed by atoms with Gasteiger partial charge < -0.3 is 10.6 Å². The number of amides is 1. The molecule has 0 bridgehead atoms. The van der Waals surface area contributed by atoms with Crippen LogP contribution in [0.2, 0.25) is 0 Å². The minimum atomic E-state index is -3.59. The Morgan fingerprint density at radius 2 is 1.87 bits per heavy atom. The molecule has 0 saturated heterocycles. The van der Waals surface area contributed by atoms with Crippen LogP contribution < -0.4 is 10.6 Å². The molecule has 9 heteroatoms. The smallest absolute Gasteiger partial charge is 0.243 e. The third-order valence-corrected chi connectivity index (χ3v) is 7.38. The number of nitrogens with zero attached hydrogens (tertiary/aromatic N) is 2. The van der Waals surface area contributed by atoms with Crippen LogP contribution in [0.15, 0.2) is 52.7 Å². The normalized spacial score (nSPS) is 11.5. The number of sulfonamides is 1. The van der Waals surface area contributed by atoms with E-state index in [1.807, 2.05) is 36.6 Å². The number of hydrogen-bond acceptors (Lipinski definition) is 6. The molecular formula is C21H24N4O3S2. The van der Waals surface area contributed by atoms with Gasteiger partial charge in [0.1, 0.15) is 5.01 Å². The van der Waals surface area contributed by atoms with E-state index in [1.54, 1.807) is 30.4 Å². The summed E-state index contributed by atoms with van der Waals surface area (Å²) < 4.78 is 26.0. The van der Waals surface area contributed by atoms with E-state index in [0.29, 0.717) is 11.3 Å². The predicted molar refractivity (Wildman–Crippen MR) is 121 cm³/mol. The SMILES string of the molecule is Cc1csc(-c2cccc(NCC(=O)Nc3ccc(C)c(S(=O)(=O)N(C)C)c3)c2)n1. The molecule has 1 amide bonds. The molecule has 0 aliphatic carbocycles. The highest BCUT2D eigenvalue weighted by Crippen LogP contribution is 2.26. The number of carbonyl (C=O) groups excluding carboxylic acids is 1. The highest BCUT2D eigenvalue weighted by Gasteiger charge is 2.20. The van der Waals surface area contributed by atoms with E-state index < -0.39 is 10.0 Å². The van der Waals surface area contributed by atoms with Crippen LogP contribution in [-0.4, -0.2) is 44.3 Å². The van der Waals surface area contributed by atoms with E-state index in [4.69, 9.17) is 0 Å². The summed E-state index contributed by atoms with van der Waals surface area (Å²) in [6.07, 6.45) is 0. The topological polar surface area (TPSA) is 91.4 Å². The Bertz CT molecular complexity index is 1170. The van der Waals surface area contributed by atoms with Crippen molar-refractivity contribution in [1.82, 2.24) is 9.29 Å². The summed E-state index contributed by atoms with van der Waals surface area (Å²) >= 11 is 1.57. The lowest BCUT2D eigenvalue weighted by atomic mass is 10.2. The maximum absolute atomic E-state index is 12.4. The molecule has 2 N–H and O–H groups in total. The van der Waals surface area contributed by atoms with Gasteiger partial charge in [-0.15, -0.1) is 11.3 Å². The standard InChI is InChI=1S/C21H24N4O3S2/c1-14-8-9-18(11-19(14)30(27,28)25(3)4)24-20(26)12-22-17-7-5-6-16(10-17)21-23-15(2)13-29-21/h5-11,13,22H,12H2,1-4H3,(H,24,26). The summed E-state index contributed by atoms with van der Waals surface area (Å²) in [4.78, 5) is 17.0. The Labute approximate surface area is 180 Å². The zero-order valence-electron chi connectivity index (χ0n) is 17.3. The van der Waals surface area contributed by atoms with Gasteiger partial charge in [0.05, 0.1) is 11.4 Å². The molecule has 7 nitrogen and oxygen atoms in total. The van der Waals surface area contributed by atoms with E-state index in [1.165, 1.54) is 20.2 Å². The highest BCUT2D eigenvalue weighted by molar-refractivity contribution is 7.89. The van der Waals surface area contributed by atoms with Crippen molar-refractivity contribution in [3.05, 3.63) is 59.1 Å². The maximum atomic E-state index is 12.4. The first kappa shape index (κ1) is 21.9. The van der Waals surface area contributed by atoms with Gasteiger partial charge in [0.25, 0.3) is 0 Å². The van der Waals surface area contributed by atoms with Crippen LogP contribution in [0, 0.1) is 13.8 Å². The average molecular weight is 445 g/mol. The third kappa shape index (κ3) is 5.05. The van der Waals surface area contributed by atoms with E-state index in [-0.39, 0.29) is 17.3 Å². The van der Waals surface area contributed by atoms with E-state index >= 15 is 0 Å². The van der Waals surface area contributed by atoms with Gasteiger partial charge in [0, 0.05) is 42.1 Å². The molecule has 0 atom stereocenters. The third-order valence-electron chi connectivity index (χ3n) is 4.41. The number of aryl methyl sites for hydroxylation is 2. The first-order chi connectivity index (χ1) is 14.2. The Kier molecular flexibility index (Phi) is 6.55. The Morgan fingerprint density at radius 1 is 1.10 bits per heavy atom. The number of benzene rings is 2. The maximum Gasteiger partial charge on any atom is 0.243 e. The first-order valence-corrected chi connectivity index (χ1v) is 11.6. The van der Waals surface area contributed by atoms with Gasteiger partial charge in [-0.05, 0) is 43.7 Å². The highest BCUT2D eigenvalue weighted by atomic mass is 32.2. The van der Waals surface area contributed by atoms with Crippen LogP contribution in [-0.2, 0) is 14.8 Å². The van der Waals surface area contributed by atoms with E-state index in [2.05, 4.69) is 15.6 Å². The Hall–Kier alpha value is -2.75.